The Balaban J connectivity index is 1.66. The Hall–Kier alpha value is -3.00. The van der Waals surface area contributed by atoms with Gasteiger partial charge in [-0.05, 0) is 49.0 Å². The van der Waals surface area contributed by atoms with Crippen molar-refractivity contribution in [2.24, 2.45) is 0 Å². The minimum atomic E-state index is 0.156. The van der Waals surface area contributed by atoms with Gasteiger partial charge in [-0.1, -0.05) is 6.07 Å². The van der Waals surface area contributed by atoms with Gasteiger partial charge in [0.15, 0.2) is 16.6 Å². The Bertz CT molecular complexity index is 903. The Morgan fingerprint density at radius 1 is 1.10 bits per heavy atom. The highest BCUT2D eigenvalue weighted by Crippen LogP contribution is 2.39. The van der Waals surface area contributed by atoms with E-state index in [-0.39, 0.29) is 5.91 Å². The van der Waals surface area contributed by atoms with Crippen molar-refractivity contribution in [3.05, 3.63) is 42.0 Å². The third-order valence-corrected chi connectivity index (χ3v) is 4.96. The molecule has 1 fully saturated rings. The van der Waals surface area contributed by atoms with Crippen LogP contribution in [0.4, 0.5) is 11.4 Å². The molecule has 1 aliphatic rings. The number of amides is 1. The molecule has 7 nitrogen and oxygen atoms in total. The minimum Gasteiger partial charge on any atom is -0.493 e. The SMILES string of the molecule is COc1ccc(CNC(=S)Nc2cccc(N3CCCC3=O)c2)c(OC)c1OC. The summed E-state index contributed by atoms with van der Waals surface area (Å²) in [6, 6.07) is 11.4. The summed E-state index contributed by atoms with van der Waals surface area (Å²) in [6.45, 7) is 1.20. The van der Waals surface area contributed by atoms with Gasteiger partial charge in [0.05, 0.1) is 21.3 Å². The summed E-state index contributed by atoms with van der Waals surface area (Å²) < 4.78 is 16.2. The number of ether oxygens (including phenoxy) is 3. The molecule has 0 aromatic heterocycles. The highest BCUT2D eigenvalue weighted by Gasteiger charge is 2.21. The highest BCUT2D eigenvalue weighted by atomic mass is 32.1. The molecule has 1 amide bonds. The molecule has 0 radical (unpaired) electrons. The average molecular weight is 416 g/mol. The van der Waals surface area contributed by atoms with Crippen LogP contribution in [0.25, 0.3) is 0 Å². The summed E-state index contributed by atoms with van der Waals surface area (Å²) in [5.74, 6) is 1.89. The van der Waals surface area contributed by atoms with Gasteiger partial charge < -0.3 is 29.7 Å². The number of nitrogens with one attached hydrogen (secondary N) is 2. The lowest BCUT2D eigenvalue weighted by Gasteiger charge is -2.18. The zero-order valence-electron chi connectivity index (χ0n) is 16.8. The molecule has 0 aliphatic carbocycles. The molecule has 0 spiro atoms. The van der Waals surface area contributed by atoms with E-state index in [9.17, 15) is 4.79 Å². The third kappa shape index (κ3) is 4.71. The molecule has 0 saturated carbocycles. The molecule has 0 bridgehead atoms. The first kappa shape index (κ1) is 20.7. The summed E-state index contributed by atoms with van der Waals surface area (Å²) >= 11 is 5.43. The van der Waals surface area contributed by atoms with Crippen LogP contribution in [0.3, 0.4) is 0 Å². The van der Waals surface area contributed by atoms with Gasteiger partial charge in [0, 0.05) is 36.4 Å². The Labute approximate surface area is 175 Å². The van der Waals surface area contributed by atoms with Crippen LogP contribution >= 0.6 is 12.2 Å². The molecular formula is C21H25N3O4S. The van der Waals surface area contributed by atoms with E-state index < -0.39 is 0 Å². The smallest absolute Gasteiger partial charge is 0.227 e. The van der Waals surface area contributed by atoms with Gasteiger partial charge in [0.2, 0.25) is 11.7 Å². The lowest BCUT2D eigenvalue weighted by molar-refractivity contribution is -0.117. The fourth-order valence-corrected chi connectivity index (χ4v) is 3.52. The minimum absolute atomic E-state index is 0.156. The number of rotatable bonds is 7. The number of thiocarbonyl (C=S) groups is 1. The lowest BCUT2D eigenvalue weighted by atomic mass is 10.1. The number of benzene rings is 2. The van der Waals surface area contributed by atoms with Crippen molar-refractivity contribution in [3.63, 3.8) is 0 Å². The van der Waals surface area contributed by atoms with Gasteiger partial charge >= 0.3 is 0 Å². The Morgan fingerprint density at radius 3 is 2.55 bits per heavy atom. The Kier molecular flexibility index (Phi) is 6.77. The lowest BCUT2D eigenvalue weighted by Crippen LogP contribution is -2.28. The first-order valence-electron chi connectivity index (χ1n) is 9.30. The normalized spacial score (nSPS) is 13.2. The largest absolute Gasteiger partial charge is 0.493 e. The van der Waals surface area contributed by atoms with Crippen molar-refractivity contribution in [2.45, 2.75) is 19.4 Å². The molecule has 2 N–H and O–H groups in total. The second-order valence-corrected chi connectivity index (χ2v) is 6.91. The zero-order chi connectivity index (χ0) is 20.8. The molecule has 0 atom stereocenters. The summed E-state index contributed by atoms with van der Waals surface area (Å²) in [5, 5.41) is 6.80. The molecule has 1 saturated heterocycles. The van der Waals surface area contributed by atoms with Crippen molar-refractivity contribution in [3.8, 4) is 17.2 Å². The molecule has 3 rings (SSSR count). The van der Waals surface area contributed by atoms with E-state index in [1.54, 1.807) is 26.2 Å². The van der Waals surface area contributed by atoms with Gasteiger partial charge in [0.25, 0.3) is 0 Å². The van der Waals surface area contributed by atoms with Crippen LogP contribution in [-0.2, 0) is 11.3 Å². The molecular weight excluding hydrogens is 390 g/mol. The fourth-order valence-electron chi connectivity index (χ4n) is 3.33. The van der Waals surface area contributed by atoms with Crippen LogP contribution in [-0.4, -0.2) is 38.9 Å². The molecule has 154 valence electrons. The zero-order valence-corrected chi connectivity index (χ0v) is 17.6. The molecule has 2 aromatic rings. The second-order valence-electron chi connectivity index (χ2n) is 6.50. The van der Waals surface area contributed by atoms with Crippen LogP contribution < -0.4 is 29.7 Å². The standard InChI is InChI=1S/C21H25N3O4S/c1-26-17-10-9-14(19(27-2)20(17)28-3)13-22-21(29)23-15-6-4-7-16(12-15)24-11-5-8-18(24)25/h4,6-7,9-10,12H,5,8,11,13H2,1-3H3,(H2,22,23,29). The van der Waals surface area contributed by atoms with Gasteiger partial charge in [0.1, 0.15) is 0 Å². The number of hydrogen-bond donors (Lipinski definition) is 2. The number of carbonyl (C=O) groups excluding carboxylic acids is 1. The number of methoxy groups -OCH3 is 3. The van der Waals surface area contributed by atoms with E-state index in [1.807, 2.05) is 36.4 Å². The Morgan fingerprint density at radius 2 is 1.90 bits per heavy atom. The fraction of sp³-hybridized carbons (Fsp3) is 0.333. The average Bonchev–Trinajstić information content (AvgIpc) is 3.17. The number of hydrogen-bond acceptors (Lipinski definition) is 5. The third-order valence-electron chi connectivity index (χ3n) is 4.71. The number of nitrogens with zero attached hydrogens (tertiary/aromatic N) is 1. The van der Waals surface area contributed by atoms with Crippen LogP contribution in [0, 0.1) is 0 Å². The van der Waals surface area contributed by atoms with Gasteiger partial charge in [-0.15, -0.1) is 0 Å². The van der Waals surface area contributed by atoms with E-state index in [2.05, 4.69) is 10.6 Å². The molecule has 8 heteroatoms. The molecule has 0 unspecified atom stereocenters. The second kappa shape index (κ2) is 9.47. The molecule has 1 heterocycles. The molecule has 2 aromatic carbocycles. The summed E-state index contributed by atoms with van der Waals surface area (Å²) in [4.78, 5) is 13.8. The topological polar surface area (TPSA) is 72.1 Å². The number of carbonyl (C=O) groups is 1. The van der Waals surface area contributed by atoms with Crippen LogP contribution in [0.5, 0.6) is 17.2 Å². The van der Waals surface area contributed by atoms with Crippen molar-refractivity contribution >= 4 is 34.6 Å². The van der Waals surface area contributed by atoms with E-state index in [1.165, 1.54) is 0 Å². The summed E-state index contributed by atoms with van der Waals surface area (Å²) in [6.07, 6.45) is 1.49. The predicted molar refractivity (Wildman–Crippen MR) is 117 cm³/mol. The van der Waals surface area contributed by atoms with Crippen LogP contribution in [0.2, 0.25) is 0 Å². The molecule has 1 aliphatic heterocycles. The van der Waals surface area contributed by atoms with E-state index in [0.29, 0.717) is 35.3 Å². The quantitative estimate of drug-likeness (QED) is 0.672. The first-order valence-corrected chi connectivity index (χ1v) is 9.71. The summed E-state index contributed by atoms with van der Waals surface area (Å²) in [7, 11) is 4.74. The van der Waals surface area contributed by atoms with Crippen LogP contribution in [0.1, 0.15) is 18.4 Å². The van der Waals surface area contributed by atoms with E-state index in [0.717, 1.165) is 29.9 Å². The maximum Gasteiger partial charge on any atom is 0.227 e. The highest BCUT2D eigenvalue weighted by molar-refractivity contribution is 7.80. The monoisotopic (exact) mass is 415 g/mol. The number of anilines is 2. The maximum atomic E-state index is 12.0. The van der Waals surface area contributed by atoms with Crippen molar-refractivity contribution in [1.82, 2.24) is 5.32 Å². The first-order chi connectivity index (χ1) is 14.1. The summed E-state index contributed by atoms with van der Waals surface area (Å²) in [5.41, 5.74) is 2.58. The van der Waals surface area contributed by atoms with Gasteiger partial charge in [-0.2, -0.15) is 0 Å². The van der Waals surface area contributed by atoms with Crippen molar-refractivity contribution in [1.29, 1.82) is 0 Å². The van der Waals surface area contributed by atoms with Gasteiger partial charge in [-0.3, -0.25) is 4.79 Å². The van der Waals surface area contributed by atoms with Crippen molar-refractivity contribution in [2.75, 3.05) is 38.1 Å². The predicted octanol–water partition coefficient (Wildman–Crippen LogP) is 3.33. The van der Waals surface area contributed by atoms with Crippen LogP contribution in [0.15, 0.2) is 36.4 Å². The van der Waals surface area contributed by atoms with E-state index >= 15 is 0 Å². The van der Waals surface area contributed by atoms with Crippen molar-refractivity contribution < 1.29 is 19.0 Å². The van der Waals surface area contributed by atoms with Gasteiger partial charge in [-0.25, -0.2) is 0 Å². The maximum absolute atomic E-state index is 12.0. The molecule has 29 heavy (non-hydrogen) atoms. The van der Waals surface area contributed by atoms with E-state index in [4.69, 9.17) is 26.4 Å².